The fraction of sp³-hybridized carbons (Fsp3) is 0.231. The maximum absolute atomic E-state index is 11.6. The Hall–Kier alpha value is -1.88. The van der Waals surface area contributed by atoms with E-state index in [1.54, 1.807) is 11.6 Å². The van der Waals surface area contributed by atoms with Crippen LogP contribution in [0.1, 0.15) is 11.1 Å². The highest BCUT2D eigenvalue weighted by molar-refractivity contribution is 7.13. The van der Waals surface area contributed by atoms with Crippen LogP contribution in [-0.4, -0.2) is 17.5 Å². The van der Waals surface area contributed by atoms with E-state index >= 15 is 0 Å². The van der Waals surface area contributed by atoms with Gasteiger partial charge in [-0.3, -0.25) is 10.1 Å². The van der Waals surface area contributed by atoms with Crippen LogP contribution < -0.4 is 10.1 Å². The summed E-state index contributed by atoms with van der Waals surface area (Å²) in [6.07, 6.45) is 1.64. The van der Waals surface area contributed by atoms with Crippen molar-refractivity contribution >= 4 is 22.4 Å². The maximum atomic E-state index is 11.6. The molecule has 0 fully saturated rings. The first-order chi connectivity index (χ1) is 8.65. The third-order valence-electron chi connectivity index (χ3n) is 2.38. The van der Waals surface area contributed by atoms with E-state index in [0.29, 0.717) is 5.13 Å². The van der Waals surface area contributed by atoms with Gasteiger partial charge in [0.2, 0.25) is 0 Å². The molecule has 0 atom stereocenters. The van der Waals surface area contributed by atoms with Gasteiger partial charge in [-0.15, -0.1) is 11.3 Å². The molecule has 94 valence electrons. The van der Waals surface area contributed by atoms with Gasteiger partial charge in [0.05, 0.1) is 0 Å². The predicted octanol–water partition coefficient (Wildman–Crippen LogP) is 2.78. The third kappa shape index (κ3) is 3.30. The minimum atomic E-state index is -0.203. The molecule has 0 aliphatic rings. The fourth-order valence-electron chi connectivity index (χ4n) is 1.45. The second-order valence-corrected chi connectivity index (χ2v) is 4.84. The minimum absolute atomic E-state index is 0.0100. The molecule has 0 unspecified atom stereocenters. The molecule has 0 saturated heterocycles. The highest BCUT2D eigenvalue weighted by Crippen LogP contribution is 2.19. The zero-order valence-electron chi connectivity index (χ0n) is 10.3. The van der Waals surface area contributed by atoms with E-state index in [-0.39, 0.29) is 12.5 Å². The molecule has 0 radical (unpaired) electrons. The Labute approximate surface area is 110 Å². The highest BCUT2D eigenvalue weighted by atomic mass is 32.1. The number of carbonyl (C=O) groups excluding carboxylic acids is 1. The van der Waals surface area contributed by atoms with E-state index in [9.17, 15) is 4.79 Å². The Morgan fingerprint density at radius 1 is 1.44 bits per heavy atom. The summed E-state index contributed by atoms with van der Waals surface area (Å²) in [6, 6.07) is 5.91. The molecule has 1 amide bonds. The van der Waals surface area contributed by atoms with Crippen molar-refractivity contribution < 1.29 is 9.53 Å². The van der Waals surface area contributed by atoms with Crippen LogP contribution in [0.5, 0.6) is 5.75 Å². The SMILES string of the molecule is Cc1ccc(C)c(OCC(=O)Nc2nccs2)c1. The maximum Gasteiger partial charge on any atom is 0.264 e. The summed E-state index contributed by atoms with van der Waals surface area (Å²) in [7, 11) is 0. The van der Waals surface area contributed by atoms with Gasteiger partial charge < -0.3 is 4.74 Å². The highest BCUT2D eigenvalue weighted by Gasteiger charge is 2.06. The lowest BCUT2D eigenvalue weighted by Crippen LogP contribution is -2.20. The van der Waals surface area contributed by atoms with Crippen molar-refractivity contribution in [3.05, 3.63) is 40.9 Å². The summed E-state index contributed by atoms with van der Waals surface area (Å²) >= 11 is 1.38. The van der Waals surface area contributed by atoms with Gasteiger partial charge in [0.15, 0.2) is 11.7 Å². The molecule has 0 spiro atoms. The average molecular weight is 262 g/mol. The number of hydrogen-bond acceptors (Lipinski definition) is 4. The molecule has 0 saturated carbocycles. The summed E-state index contributed by atoms with van der Waals surface area (Å²) in [5.41, 5.74) is 2.12. The van der Waals surface area contributed by atoms with Gasteiger partial charge in [-0.05, 0) is 31.0 Å². The van der Waals surface area contributed by atoms with Crippen LogP contribution in [0.2, 0.25) is 0 Å². The molecule has 0 bridgehead atoms. The molecule has 4 nitrogen and oxygen atoms in total. The van der Waals surface area contributed by atoms with Crippen molar-refractivity contribution in [3.63, 3.8) is 0 Å². The molecule has 0 aliphatic carbocycles. The summed E-state index contributed by atoms with van der Waals surface area (Å²) in [5, 5.41) is 5.06. The lowest BCUT2D eigenvalue weighted by atomic mass is 10.1. The molecule has 2 aromatic rings. The van der Waals surface area contributed by atoms with Crippen LogP contribution >= 0.6 is 11.3 Å². The van der Waals surface area contributed by atoms with Gasteiger partial charge in [0, 0.05) is 11.6 Å². The van der Waals surface area contributed by atoms with Gasteiger partial charge in [-0.25, -0.2) is 4.98 Å². The van der Waals surface area contributed by atoms with Crippen molar-refractivity contribution in [2.75, 3.05) is 11.9 Å². The van der Waals surface area contributed by atoms with Crippen LogP contribution in [0.25, 0.3) is 0 Å². The largest absolute Gasteiger partial charge is 0.483 e. The molecule has 1 heterocycles. The number of aryl methyl sites for hydroxylation is 2. The molecule has 18 heavy (non-hydrogen) atoms. The first kappa shape index (κ1) is 12.6. The van der Waals surface area contributed by atoms with E-state index in [4.69, 9.17) is 4.74 Å². The summed E-state index contributed by atoms with van der Waals surface area (Å²) in [6.45, 7) is 3.93. The van der Waals surface area contributed by atoms with E-state index < -0.39 is 0 Å². The van der Waals surface area contributed by atoms with Gasteiger partial charge >= 0.3 is 0 Å². The number of thiazole rings is 1. The fourth-order valence-corrected chi connectivity index (χ4v) is 1.99. The molecule has 1 N–H and O–H groups in total. The van der Waals surface area contributed by atoms with Crippen molar-refractivity contribution in [1.82, 2.24) is 4.98 Å². The molecular weight excluding hydrogens is 248 g/mol. The lowest BCUT2D eigenvalue weighted by Gasteiger charge is -2.09. The zero-order chi connectivity index (χ0) is 13.0. The number of nitrogens with one attached hydrogen (secondary N) is 1. The second kappa shape index (κ2) is 5.64. The number of ether oxygens (including phenoxy) is 1. The first-order valence-electron chi connectivity index (χ1n) is 5.54. The normalized spacial score (nSPS) is 10.1. The molecule has 1 aromatic heterocycles. The molecule has 2 rings (SSSR count). The summed E-state index contributed by atoms with van der Waals surface area (Å²) < 4.78 is 5.49. The topological polar surface area (TPSA) is 51.2 Å². The van der Waals surface area contributed by atoms with Crippen LogP contribution in [0.15, 0.2) is 29.8 Å². The molecular formula is C13H14N2O2S. The van der Waals surface area contributed by atoms with Gasteiger partial charge in [-0.2, -0.15) is 0 Å². The number of aromatic nitrogens is 1. The quantitative estimate of drug-likeness (QED) is 0.921. The summed E-state index contributed by atoms with van der Waals surface area (Å²) in [5.74, 6) is 0.537. The van der Waals surface area contributed by atoms with Crippen LogP contribution in [0.4, 0.5) is 5.13 Å². The number of hydrogen-bond donors (Lipinski definition) is 1. The summed E-state index contributed by atoms with van der Waals surface area (Å²) in [4.78, 5) is 15.6. The Balaban J connectivity index is 1.91. The Morgan fingerprint density at radius 3 is 3.00 bits per heavy atom. The van der Waals surface area contributed by atoms with E-state index in [1.807, 2.05) is 32.0 Å². The smallest absolute Gasteiger partial charge is 0.264 e. The molecule has 1 aromatic carbocycles. The van der Waals surface area contributed by atoms with Crippen LogP contribution in [-0.2, 0) is 4.79 Å². The second-order valence-electron chi connectivity index (χ2n) is 3.94. The minimum Gasteiger partial charge on any atom is -0.483 e. The number of rotatable bonds is 4. The zero-order valence-corrected chi connectivity index (χ0v) is 11.1. The molecule has 5 heteroatoms. The van der Waals surface area contributed by atoms with Gasteiger partial charge in [0.25, 0.3) is 5.91 Å². The predicted molar refractivity (Wildman–Crippen MR) is 72.2 cm³/mol. The van der Waals surface area contributed by atoms with Crippen molar-refractivity contribution in [2.24, 2.45) is 0 Å². The average Bonchev–Trinajstić information content (AvgIpc) is 2.83. The van der Waals surface area contributed by atoms with E-state index in [2.05, 4.69) is 10.3 Å². The number of benzene rings is 1. The van der Waals surface area contributed by atoms with Crippen LogP contribution in [0.3, 0.4) is 0 Å². The molecule has 0 aliphatic heterocycles. The number of anilines is 1. The van der Waals surface area contributed by atoms with Crippen molar-refractivity contribution in [3.8, 4) is 5.75 Å². The standard InChI is InChI=1S/C13H14N2O2S/c1-9-3-4-10(2)11(7-9)17-8-12(16)15-13-14-5-6-18-13/h3-7H,8H2,1-2H3,(H,14,15,16). The van der Waals surface area contributed by atoms with Crippen molar-refractivity contribution in [1.29, 1.82) is 0 Å². The number of carbonyl (C=O) groups is 1. The van der Waals surface area contributed by atoms with E-state index in [0.717, 1.165) is 16.9 Å². The first-order valence-corrected chi connectivity index (χ1v) is 6.42. The van der Waals surface area contributed by atoms with E-state index in [1.165, 1.54) is 11.3 Å². The Morgan fingerprint density at radius 2 is 2.28 bits per heavy atom. The lowest BCUT2D eigenvalue weighted by molar-refractivity contribution is -0.118. The van der Waals surface area contributed by atoms with Gasteiger partial charge in [0.1, 0.15) is 5.75 Å². The van der Waals surface area contributed by atoms with Crippen LogP contribution in [0, 0.1) is 13.8 Å². The Kier molecular flexibility index (Phi) is 3.94. The number of nitrogens with zero attached hydrogens (tertiary/aromatic N) is 1. The van der Waals surface area contributed by atoms with Crippen molar-refractivity contribution in [2.45, 2.75) is 13.8 Å². The van der Waals surface area contributed by atoms with Gasteiger partial charge in [-0.1, -0.05) is 12.1 Å². The monoisotopic (exact) mass is 262 g/mol. The number of amides is 1. The Bertz CT molecular complexity index is 538. The third-order valence-corrected chi connectivity index (χ3v) is 3.07.